The molecule has 158 valence electrons. The lowest BCUT2D eigenvalue weighted by Gasteiger charge is -2.24. The number of guanidine groups is 1. The maximum Gasteiger partial charge on any atom is 0.410 e. The van der Waals surface area contributed by atoms with Gasteiger partial charge >= 0.3 is 6.09 Å². The van der Waals surface area contributed by atoms with Crippen LogP contribution in [0.4, 0.5) is 4.79 Å². The number of carbonyl (C=O) groups excluding carboxylic acids is 1. The molecule has 2 N–H and O–H groups in total. The molecule has 0 saturated carbocycles. The average Bonchev–Trinajstić information content (AvgIpc) is 2.64. The summed E-state index contributed by atoms with van der Waals surface area (Å²) in [5, 5.41) is 6.42. The first kappa shape index (κ1) is 23.4. The van der Waals surface area contributed by atoms with Crippen LogP contribution in [0.5, 0.6) is 11.5 Å². The second-order valence-corrected chi connectivity index (χ2v) is 7.21. The highest BCUT2D eigenvalue weighted by molar-refractivity contribution is 5.79. The lowest BCUT2D eigenvalue weighted by atomic mass is 10.2. The molecule has 0 unspecified atom stereocenters. The highest BCUT2D eigenvalue weighted by atomic mass is 16.6. The van der Waals surface area contributed by atoms with Gasteiger partial charge in [0.25, 0.3) is 0 Å². The molecule has 0 atom stereocenters. The third-order valence-corrected chi connectivity index (χ3v) is 3.66. The van der Waals surface area contributed by atoms with Gasteiger partial charge in [-0.1, -0.05) is 6.07 Å². The van der Waals surface area contributed by atoms with Crippen LogP contribution in [0.2, 0.25) is 0 Å². The van der Waals surface area contributed by atoms with Gasteiger partial charge in [0, 0.05) is 26.7 Å². The van der Waals surface area contributed by atoms with Crippen molar-refractivity contribution in [2.75, 3.05) is 40.9 Å². The quantitative estimate of drug-likeness (QED) is 0.521. The van der Waals surface area contributed by atoms with E-state index in [2.05, 4.69) is 15.6 Å². The first-order chi connectivity index (χ1) is 13.2. The van der Waals surface area contributed by atoms with Crippen molar-refractivity contribution >= 4 is 12.1 Å². The van der Waals surface area contributed by atoms with E-state index in [0.29, 0.717) is 37.1 Å². The lowest BCUT2D eigenvalue weighted by Crippen LogP contribution is -2.43. The third-order valence-electron chi connectivity index (χ3n) is 3.66. The van der Waals surface area contributed by atoms with Crippen molar-refractivity contribution in [3.05, 3.63) is 23.8 Å². The number of nitrogens with zero attached hydrogens (tertiary/aromatic N) is 2. The van der Waals surface area contributed by atoms with E-state index >= 15 is 0 Å². The zero-order chi connectivity index (χ0) is 21.2. The van der Waals surface area contributed by atoms with Gasteiger partial charge in [0.15, 0.2) is 17.5 Å². The zero-order valence-corrected chi connectivity index (χ0v) is 18.1. The van der Waals surface area contributed by atoms with Gasteiger partial charge in [0.2, 0.25) is 0 Å². The van der Waals surface area contributed by atoms with Gasteiger partial charge in [-0.05, 0) is 45.4 Å². The van der Waals surface area contributed by atoms with E-state index in [1.165, 1.54) is 4.90 Å². The van der Waals surface area contributed by atoms with Gasteiger partial charge in [-0.2, -0.15) is 0 Å². The van der Waals surface area contributed by atoms with E-state index in [9.17, 15) is 4.79 Å². The maximum absolute atomic E-state index is 12.0. The Balaban J connectivity index is 2.62. The van der Waals surface area contributed by atoms with Gasteiger partial charge in [-0.15, -0.1) is 0 Å². The summed E-state index contributed by atoms with van der Waals surface area (Å²) in [7, 11) is 4.93. The molecule has 0 heterocycles. The second kappa shape index (κ2) is 11.3. The molecule has 8 nitrogen and oxygen atoms in total. The number of carbonyl (C=O) groups is 1. The summed E-state index contributed by atoms with van der Waals surface area (Å²) in [6.45, 7) is 9.81. The predicted molar refractivity (Wildman–Crippen MR) is 111 cm³/mol. The van der Waals surface area contributed by atoms with Crippen molar-refractivity contribution in [2.45, 2.75) is 39.8 Å². The van der Waals surface area contributed by atoms with Crippen molar-refractivity contribution in [1.29, 1.82) is 0 Å². The molecular weight excluding hydrogens is 360 g/mol. The molecule has 8 heteroatoms. The van der Waals surface area contributed by atoms with Gasteiger partial charge < -0.3 is 29.7 Å². The van der Waals surface area contributed by atoms with Crippen LogP contribution in [-0.4, -0.2) is 63.5 Å². The van der Waals surface area contributed by atoms with Crippen molar-refractivity contribution in [3.8, 4) is 11.5 Å². The molecule has 1 amide bonds. The summed E-state index contributed by atoms with van der Waals surface area (Å²) in [5.41, 5.74) is 0.495. The van der Waals surface area contributed by atoms with Gasteiger partial charge in [0.1, 0.15) is 5.60 Å². The number of ether oxygens (including phenoxy) is 3. The van der Waals surface area contributed by atoms with E-state index in [1.54, 1.807) is 21.3 Å². The molecule has 1 aromatic rings. The number of likely N-dealkylation sites (N-methyl/N-ethyl adjacent to an activating group) is 1. The average molecular weight is 395 g/mol. The molecule has 0 spiro atoms. The van der Waals surface area contributed by atoms with Crippen LogP contribution in [-0.2, 0) is 11.3 Å². The Kier molecular flexibility index (Phi) is 9.41. The Bertz CT molecular complexity index is 656. The van der Waals surface area contributed by atoms with Gasteiger partial charge in [0.05, 0.1) is 20.8 Å². The van der Waals surface area contributed by atoms with Gasteiger partial charge in [-0.3, -0.25) is 0 Å². The molecule has 1 rings (SSSR count). The summed E-state index contributed by atoms with van der Waals surface area (Å²) in [5.74, 6) is 2.03. The molecule has 28 heavy (non-hydrogen) atoms. The number of amides is 1. The molecule has 0 aliphatic carbocycles. The first-order valence-electron chi connectivity index (χ1n) is 9.37. The Hall–Kier alpha value is -2.64. The zero-order valence-electron chi connectivity index (χ0n) is 18.1. The molecule has 0 radical (unpaired) electrons. The SMILES string of the molecule is CCNC(=NCc1ccc(OC)c(OC)c1)NCCN(C)C(=O)OC(C)(C)C. The molecule has 0 aromatic heterocycles. The van der Waals surface area contributed by atoms with Gasteiger partial charge in [-0.25, -0.2) is 9.79 Å². The highest BCUT2D eigenvalue weighted by Gasteiger charge is 2.19. The van der Waals surface area contributed by atoms with E-state index in [-0.39, 0.29) is 6.09 Å². The fraction of sp³-hybridized carbons (Fsp3) is 0.600. The van der Waals surface area contributed by atoms with E-state index in [4.69, 9.17) is 14.2 Å². The van der Waals surface area contributed by atoms with Crippen molar-refractivity contribution < 1.29 is 19.0 Å². The highest BCUT2D eigenvalue weighted by Crippen LogP contribution is 2.27. The summed E-state index contributed by atoms with van der Waals surface area (Å²) in [4.78, 5) is 18.1. The number of aliphatic imine (C=N–C) groups is 1. The summed E-state index contributed by atoms with van der Waals surface area (Å²) in [6, 6.07) is 5.71. The topological polar surface area (TPSA) is 84.4 Å². The number of methoxy groups -OCH3 is 2. The van der Waals surface area contributed by atoms with Crippen LogP contribution in [0, 0.1) is 0 Å². The van der Waals surface area contributed by atoms with Crippen molar-refractivity contribution in [2.24, 2.45) is 4.99 Å². The third kappa shape index (κ3) is 8.37. The monoisotopic (exact) mass is 394 g/mol. The molecule has 1 aromatic carbocycles. The Labute approximate surface area is 168 Å². The van der Waals surface area contributed by atoms with Crippen LogP contribution < -0.4 is 20.1 Å². The standard InChI is InChI=1S/C20H34N4O4/c1-8-21-18(22-11-12-24(5)19(25)28-20(2,3)4)23-14-15-9-10-16(26-6)17(13-15)27-7/h9-10,13H,8,11-12,14H2,1-7H3,(H2,21,22,23). The second-order valence-electron chi connectivity index (χ2n) is 7.21. The van der Waals surface area contributed by atoms with Crippen LogP contribution in [0.25, 0.3) is 0 Å². The van der Waals surface area contributed by atoms with Crippen molar-refractivity contribution in [1.82, 2.24) is 15.5 Å². The predicted octanol–water partition coefficient (Wildman–Crippen LogP) is 2.63. The number of hydrogen-bond donors (Lipinski definition) is 2. The van der Waals surface area contributed by atoms with Crippen LogP contribution in [0.15, 0.2) is 23.2 Å². The summed E-state index contributed by atoms with van der Waals surface area (Å²) < 4.78 is 15.9. The van der Waals surface area contributed by atoms with E-state index < -0.39 is 5.60 Å². The first-order valence-corrected chi connectivity index (χ1v) is 9.37. The Morgan fingerprint density at radius 1 is 1.14 bits per heavy atom. The molecular formula is C20H34N4O4. The minimum Gasteiger partial charge on any atom is -0.493 e. The van der Waals surface area contributed by atoms with E-state index in [0.717, 1.165) is 12.1 Å². The van der Waals surface area contributed by atoms with Crippen LogP contribution in [0.3, 0.4) is 0 Å². The Morgan fingerprint density at radius 3 is 2.39 bits per heavy atom. The fourth-order valence-corrected chi connectivity index (χ4v) is 2.26. The fourth-order valence-electron chi connectivity index (χ4n) is 2.26. The summed E-state index contributed by atoms with van der Waals surface area (Å²) in [6.07, 6.45) is -0.346. The minimum absolute atomic E-state index is 0.346. The van der Waals surface area contributed by atoms with E-state index in [1.807, 2.05) is 45.9 Å². The maximum atomic E-state index is 12.0. The molecule has 0 bridgehead atoms. The summed E-state index contributed by atoms with van der Waals surface area (Å²) >= 11 is 0. The molecule has 0 aliphatic rings. The molecule has 0 fully saturated rings. The number of rotatable bonds is 8. The normalized spacial score (nSPS) is 11.6. The smallest absolute Gasteiger partial charge is 0.410 e. The Morgan fingerprint density at radius 2 is 1.82 bits per heavy atom. The largest absolute Gasteiger partial charge is 0.493 e. The number of benzene rings is 1. The van der Waals surface area contributed by atoms with Crippen LogP contribution >= 0.6 is 0 Å². The number of hydrogen-bond acceptors (Lipinski definition) is 5. The van der Waals surface area contributed by atoms with Crippen molar-refractivity contribution in [3.63, 3.8) is 0 Å². The van der Waals surface area contributed by atoms with Crippen LogP contribution in [0.1, 0.15) is 33.3 Å². The minimum atomic E-state index is -0.505. The lowest BCUT2D eigenvalue weighted by molar-refractivity contribution is 0.0302. The number of nitrogens with one attached hydrogen (secondary N) is 2. The molecule has 0 saturated heterocycles. The molecule has 0 aliphatic heterocycles.